The van der Waals surface area contributed by atoms with E-state index in [4.69, 9.17) is 49.4 Å². The summed E-state index contributed by atoms with van der Waals surface area (Å²) >= 11 is 3.54. The standard InChI is InChI=1S/C70H118N14O23S3/c1-8-9-17-48-62(93)77-38-56(86)79-51(37-61(91)92)66(97)84-54(45-110-70(5,6)7)68(99)81-50(36-47-15-11-10-12-16-47)65(96)82-52(43-108-46-60(90)78-49(18-13-14-19-71)64(95)83-53(67(98)80-48)44-109-69(2,3)4)63(94)76-23-27-103-31-35-105-34-30-102-26-22-75-59(89)42-107-41-58(88)74-21-25-101-29-33-104-32-28-100-24-20-73-57(87)40-106-39-55(72)85/h10-12,15-16,48-54H,8-9,13-14,17-46,71H2,1-7H3,(H2,72,85)(H,73,87)(H,74,88)(H,75,89)(H,76,94)(H,77,93)(H,78,90)(H,79,86)(H,80,98)(H,81,99)(H,82,96)(H,83,95)(H,84,97)(H,91,92)/t48-,49-,50-,51-,52-,53-,54-/m0/s1. The molecule has 624 valence electrons. The van der Waals surface area contributed by atoms with Crippen molar-refractivity contribution in [3.63, 3.8) is 0 Å². The van der Waals surface area contributed by atoms with Gasteiger partial charge in [-0.1, -0.05) is 91.6 Å². The molecule has 0 aliphatic carbocycles. The minimum absolute atomic E-state index is 0.0148. The van der Waals surface area contributed by atoms with Crippen LogP contribution in [-0.4, -0.2) is 308 Å². The highest BCUT2D eigenvalue weighted by atomic mass is 32.2. The lowest BCUT2D eigenvalue weighted by atomic mass is 10.0. The molecule has 1 fully saturated rings. The molecule has 2 rings (SSSR count). The van der Waals surface area contributed by atoms with Crippen LogP contribution in [-0.2, 0) is 111 Å². The number of ether oxygens (including phenoxy) is 8. The molecule has 0 spiro atoms. The number of hydrogen-bond acceptors (Lipinski definition) is 26. The molecule has 37 nitrogen and oxygen atoms in total. The van der Waals surface area contributed by atoms with Gasteiger partial charge in [-0.25, -0.2) is 0 Å². The zero-order chi connectivity index (χ0) is 81.5. The summed E-state index contributed by atoms with van der Waals surface area (Å²) in [7, 11) is 0. The van der Waals surface area contributed by atoms with Crippen LogP contribution >= 0.6 is 35.3 Å². The Hall–Kier alpha value is -7.51. The maximum atomic E-state index is 14.7. The number of unbranched alkanes of at least 4 members (excludes halogenated alkanes) is 2. The fourth-order valence-electron chi connectivity index (χ4n) is 9.38. The Morgan fingerprint density at radius 1 is 0.491 bits per heavy atom. The number of carbonyl (C=O) groups is 14. The van der Waals surface area contributed by atoms with Crippen LogP contribution in [0.2, 0.25) is 0 Å². The molecule has 17 N–H and O–H groups in total. The minimum atomic E-state index is -1.79. The molecule has 13 amide bonds. The summed E-state index contributed by atoms with van der Waals surface area (Å²) in [5.74, 6) is -11.5. The monoisotopic (exact) mass is 1620 g/mol. The molecule has 0 unspecified atom stereocenters. The third-order valence-electron chi connectivity index (χ3n) is 14.9. The molecule has 1 aromatic rings. The van der Waals surface area contributed by atoms with Crippen LogP contribution in [0, 0.1) is 0 Å². The maximum absolute atomic E-state index is 14.7. The van der Waals surface area contributed by atoms with Crippen LogP contribution in [0.5, 0.6) is 0 Å². The second-order valence-corrected chi connectivity index (χ2v) is 31.5. The normalized spacial score (nSPS) is 19.2. The van der Waals surface area contributed by atoms with Gasteiger partial charge in [-0.15, -0.1) is 11.8 Å². The third-order valence-corrected chi connectivity index (χ3v) is 18.7. The molecular weight excluding hydrogens is 1500 g/mol. The van der Waals surface area contributed by atoms with Gasteiger partial charge >= 0.3 is 5.97 Å². The number of nitrogens with two attached hydrogens (primary N) is 2. The summed E-state index contributed by atoms with van der Waals surface area (Å²) in [4.78, 5) is 186. The van der Waals surface area contributed by atoms with E-state index in [1.807, 2.05) is 48.5 Å². The quantitative estimate of drug-likeness (QED) is 0.0281. The Labute approximate surface area is 655 Å². The number of benzene rings is 1. The first-order valence-electron chi connectivity index (χ1n) is 36.6. The lowest BCUT2D eigenvalue weighted by Gasteiger charge is -2.28. The minimum Gasteiger partial charge on any atom is -0.481 e. The first kappa shape index (κ1) is 98.6. The fourth-order valence-corrected chi connectivity index (χ4v) is 12.0. The number of aliphatic carboxylic acids is 1. The largest absolute Gasteiger partial charge is 0.481 e. The van der Waals surface area contributed by atoms with Gasteiger partial charge in [0.25, 0.3) is 0 Å². The summed E-state index contributed by atoms with van der Waals surface area (Å²) in [6.07, 6.45) is 1.05. The Balaban J connectivity index is 2.14. The molecule has 40 heteroatoms. The van der Waals surface area contributed by atoms with Crippen molar-refractivity contribution >= 4 is 118 Å². The second kappa shape index (κ2) is 58.4. The van der Waals surface area contributed by atoms with Crippen LogP contribution in [0.4, 0.5) is 0 Å². The number of nitrogens with one attached hydrogen (secondary N) is 12. The molecule has 0 aromatic heterocycles. The Morgan fingerprint density at radius 3 is 1.36 bits per heavy atom. The second-order valence-electron chi connectivity index (χ2n) is 26.8. The van der Waals surface area contributed by atoms with Gasteiger partial charge in [-0.3, -0.25) is 67.1 Å². The zero-order valence-electron chi connectivity index (χ0n) is 64.3. The number of primary amides is 1. The van der Waals surface area contributed by atoms with Crippen molar-refractivity contribution in [2.45, 2.75) is 152 Å². The van der Waals surface area contributed by atoms with E-state index in [0.29, 0.717) is 44.5 Å². The van der Waals surface area contributed by atoms with Gasteiger partial charge in [0.2, 0.25) is 76.8 Å². The number of carboxylic acids is 1. The predicted molar refractivity (Wildman–Crippen MR) is 411 cm³/mol. The van der Waals surface area contributed by atoms with Gasteiger partial charge in [0.1, 0.15) is 68.7 Å². The number of amides is 13. The molecule has 1 aromatic carbocycles. The topological polar surface area (TPSA) is 529 Å². The molecule has 1 saturated heterocycles. The first-order valence-corrected chi connectivity index (χ1v) is 39.7. The average Bonchev–Trinajstić information content (AvgIpc) is 0.876. The zero-order valence-corrected chi connectivity index (χ0v) is 66.7. The number of hydrogen-bond donors (Lipinski definition) is 15. The molecule has 0 bridgehead atoms. The number of carboxylic acid groups (broad SMARTS) is 1. The molecule has 110 heavy (non-hydrogen) atoms. The summed E-state index contributed by atoms with van der Waals surface area (Å²) in [5, 5.41) is 41.5. The average molecular weight is 1620 g/mol. The molecule has 1 aliphatic heterocycles. The van der Waals surface area contributed by atoms with Crippen LogP contribution in [0.25, 0.3) is 0 Å². The Morgan fingerprint density at radius 2 is 0.900 bits per heavy atom. The van der Waals surface area contributed by atoms with Crippen molar-refractivity contribution in [2.75, 3.05) is 168 Å². The van der Waals surface area contributed by atoms with E-state index >= 15 is 0 Å². The molecule has 0 radical (unpaired) electrons. The van der Waals surface area contributed by atoms with Crippen molar-refractivity contribution < 1.29 is 110 Å². The van der Waals surface area contributed by atoms with Gasteiger partial charge in [-0.05, 0) is 37.8 Å². The first-order chi connectivity index (χ1) is 52.4. The fraction of sp³-hybridized carbons (Fsp3) is 0.714. The van der Waals surface area contributed by atoms with E-state index in [0.717, 1.165) is 11.8 Å². The van der Waals surface area contributed by atoms with E-state index in [2.05, 4.69) is 63.8 Å². The highest BCUT2D eigenvalue weighted by Crippen LogP contribution is 2.25. The van der Waals surface area contributed by atoms with Gasteiger partial charge < -0.3 is 118 Å². The van der Waals surface area contributed by atoms with E-state index in [9.17, 15) is 72.2 Å². The van der Waals surface area contributed by atoms with Gasteiger partial charge in [-0.2, -0.15) is 23.5 Å². The summed E-state index contributed by atoms with van der Waals surface area (Å²) < 4.78 is 42.0. The lowest BCUT2D eigenvalue weighted by Crippen LogP contribution is -2.60. The molecule has 0 saturated carbocycles. The van der Waals surface area contributed by atoms with E-state index in [-0.39, 0.29) is 167 Å². The number of thioether (sulfide) groups is 3. The molecule has 7 atom stereocenters. The van der Waals surface area contributed by atoms with Crippen LogP contribution in [0.1, 0.15) is 99.0 Å². The summed E-state index contributed by atoms with van der Waals surface area (Å²) in [5.41, 5.74) is 11.3. The molecule has 1 aliphatic rings. The van der Waals surface area contributed by atoms with E-state index in [1.54, 1.807) is 30.3 Å². The van der Waals surface area contributed by atoms with Crippen LogP contribution < -0.4 is 75.3 Å². The number of carbonyl (C=O) groups excluding carboxylic acids is 13. The van der Waals surface area contributed by atoms with Crippen molar-refractivity contribution in [3.8, 4) is 0 Å². The Bertz CT molecular complexity index is 2980. The van der Waals surface area contributed by atoms with Gasteiger partial charge in [0, 0.05) is 59.4 Å². The molecule has 1 heterocycles. The number of rotatable bonds is 48. The van der Waals surface area contributed by atoms with Crippen molar-refractivity contribution in [2.24, 2.45) is 11.5 Å². The predicted octanol–water partition coefficient (Wildman–Crippen LogP) is -3.57. The van der Waals surface area contributed by atoms with Gasteiger partial charge in [0.05, 0.1) is 98.0 Å². The highest BCUT2D eigenvalue weighted by Gasteiger charge is 2.36. The summed E-state index contributed by atoms with van der Waals surface area (Å²) in [6.45, 7) is 14.2. The van der Waals surface area contributed by atoms with Crippen LogP contribution in [0.3, 0.4) is 0 Å². The van der Waals surface area contributed by atoms with Crippen LogP contribution in [0.15, 0.2) is 30.3 Å². The van der Waals surface area contributed by atoms with E-state index < -0.39 is 148 Å². The van der Waals surface area contributed by atoms with Gasteiger partial charge in [0.15, 0.2) is 0 Å². The highest BCUT2D eigenvalue weighted by molar-refractivity contribution is 8.01. The lowest BCUT2D eigenvalue weighted by molar-refractivity contribution is -0.141. The molecular formula is C70H118N14O23S3. The summed E-state index contributed by atoms with van der Waals surface area (Å²) in [6, 6.07) is -1.17. The van der Waals surface area contributed by atoms with Crippen molar-refractivity contribution in [3.05, 3.63) is 35.9 Å². The smallest absolute Gasteiger partial charge is 0.305 e. The maximum Gasteiger partial charge on any atom is 0.305 e. The van der Waals surface area contributed by atoms with Crippen molar-refractivity contribution in [1.29, 1.82) is 0 Å². The Kier molecular flexibility index (Phi) is 52.3. The van der Waals surface area contributed by atoms with E-state index in [1.165, 1.54) is 23.5 Å². The van der Waals surface area contributed by atoms with Crippen molar-refractivity contribution in [1.82, 2.24) is 63.8 Å². The third kappa shape index (κ3) is 50.4. The SMILES string of the molecule is CCCC[C@@H]1NC(=O)[C@H](CSC(C)(C)C)NC(=O)[C@H](CCCCN)NC(=O)CSC[C@@H](C(=O)NCCOCCOCCOCCNC(=O)COCC(=O)NCCOCCOCCOCCNC(=O)COCC(N)=O)NC(=O)[C@H](Cc2ccccc2)NC(=O)[C@H](CSC(C)(C)C)NC(=O)[C@H](CC(=O)O)NC(=O)CNC1=O.